The predicted octanol–water partition coefficient (Wildman–Crippen LogP) is 1.98. The summed E-state index contributed by atoms with van der Waals surface area (Å²) in [6, 6.07) is 10.3. The van der Waals surface area contributed by atoms with E-state index in [0.717, 1.165) is 5.56 Å². The van der Waals surface area contributed by atoms with Crippen molar-refractivity contribution < 1.29 is 9.53 Å². The average Bonchev–Trinajstić information content (AvgIpc) is 2.52. The van der Waals surface area contributed by atoms with Crippen molar-refractivity contribution >= 4 is 11.6 Å². The van der Waals surface area contributed by atoms with Crippen molar-refractivity contribution in [1.29, 1.82) is 5.26 Å². The minimum atomic E-state index is -0.473. The topological polar surface area (TPSA) is 84.1 Å². The van der Waals surface area contributed by atoms with E-state index in [-0.39, 0.29) is 18.0 Å². The van der Waals surface area contributed by atoms with Crippen LogP contribution < -0.4 is 15.6 Å². The first-order valence-electron chi connectivity index (χ1n) is 7.01. The van der Waals surface area contributed by atoms with E-state index in [1.165, 1.54) is 17.7 Å². The van der Waals surface area contributed by atoms with Gasteiger partial charge in [0, 0.05) is 5.69 Å². The van der Waals surface area contributed by atoms with E-state index in [2.05, 4.69) is 5.32 Å². The van der Waals surface area contributed by atoms with E-state index in [4.69, 9.17) is 10.00 Å². The molecule has 0 radical (unpaired) electrons. The summed E-state index contributed by atoms with van der Waals surface area (Å²) in [5.74, 6) is 0.174. The van der Waals surface area contributed by atoms with Gasteiger partial charge >= 0.3 is 0 Å². The van der Waals surface area contributed by atoms with Crippen LogP contribution in [0, 0.1) is 25.2 Å². The smallest absolute Gasteiger partial charge is 0.269 e. The summed E-state index contributed by atoms with van der Waals surface area (Å²) >= 11 is 0. The number of rotatable bonds is 4. The summed E-state index contributed by atoms with van der Waals surface area (Å²) in [7, 11) is 1.52. The largest absolute Gasteiger partial charge is 0.495 e. The summed E-state index contributed by atoms with van der Waals surface area (Å²) in [5, 5.41) is 11.7. The molecule has 0 fully saturated rings. The molecule has 23 heavy (non-hydrogen) atoms. The SMILES string of the molecule is COc1ccc(C)cc1NC(=O)Cn1c(C)ccc(C#N)c1=O. The van der Waals surface area contributed by atoms with Gasteiger partial charge in [-0.15, -0.1) is 0 Å². The van der Waals surface area contributed by atoms with Gasteiger partial charge in [-0.2, -0.15) is 5.26 Å². The van der Waals surface area contributed by atoms with Crippen molar-refractivity contribution in [2.24, 2.45) is 0 Å². The molecule has 0 aliphatic carbocycles. The van der Waals surface area contributed by atoms with Crippen LogP contribution in [0.25, 0.3) is 0 Å². The van der Waals surface area contributed by atoms with Crippen LogP contribution >= 0.6 is 0 Å². The second-order valence-electron chi connectivity index (χ2n) is 5.14. The lowest BCUT2D eigenvalue weighted by molar-refractivity contribution is -0.116. The Morgan fingerprint density at radius 2 is 2.04 bits per heavy atom. The first kappa shape index (κ1) is 16.3. The maximum absolute atomic E-state index is 12.3. The zero-order valence-electron chi connectivity index (χ0n) is 13.2. The number of carbonyl (C=O) groups excluding carboxylic acids is 1. The lowest BCUT2D eigenvalue weighted by Gasteiger charge is -2.13. The third-order valence-electron chi connectivity index (χ3n) is 3.44. The number of aromatic nitrogens is 1. The van der Waals surface area contributed by atoms with Crippen LogP contribution in [-0.2, 0) is 11.3 Å². The highest BCUT2D eigenvalue weighted by Gasteiger charge is 2.12. The molecule has 6 heteroatoms. The first-order chi connectivity index (χ1) is 11.0. The molecule has 1 aromatic heterocycles. The number of aryl methyl sites for hydroxylation is 2. The molecule has 2 rings (SSSR count). The number of pyridine rings is 1. The minimum absolute atomic E-state index is 0.0107. The zero-order chi connectivity index (χ0) is 17.0. The molecule has 0 spiro atoms. The van der Waals surface area contributed by atoms with Crippen LogP contribution in [0.2, 0.25) is 0 Å². The molecule has 1 heterocycles. The van der Waals surface area contributed by atoms with Gasteiger partial charge in [0.25, 0.3) is 5.56 Å². The third-order valence-corrected chi connectivity index (χ3v) is 3.44. The van der Waals surface area contributed by atoms with E-state index in [0.29, 0.717) is 17.1 Å². The van der Waals surface area contributed by atoms with Crippen molar-refractivity contribution in [1.82, 2.24) is 4.57 Å². The standard InChI is InChI=1S/C17H17N3O3/c1-11-4-7-15(23-3)14(8-11)19-16(21)10-20-12(2)5-6-13(9-18)17(20)22/h4-8H,10H2,1-3H3,(H,19,21). The van der Waals surface area contributed by atoms with Crippen molar-refractivity contribution in [3.8, 4) is 11.8 Å². The summed E-state index contributed by atoms with van der Waals surface area (Å²) in [4.78, 5) is 24.4. The van der Waals surface area contributed by atoms with Crippen LogP contribution in [0.15, 0.2) is 35.1 Å². The molecule has 0 unspecified atom stereocenters. The molecule has 0 aliphatic heterocycles. The fourth-order valence-corrected chi connectivity index (χ4v) is 2.21. The van der Waals surface area contributed by atoms with E-state index >= 15 is 0 Å². The fraction of sp³-hybridized carbons (Fsp3) is 0.235. The molecule has 118 valence electrons. The summed E-state index contributed by atoms with van der Waals surface area (Å²) in [6.07, 6.45) is 0. The van der Waals surface area contributed by atoms with Gasteiger partial charge < -0.3 is 14.6 Å². The normalized spacial score (nSPS) is 10.0. The highest BCUT2D eigenvalue weighted by Crippen LogP contribution is 2.25. The van der Waals surface area contributed by atoms with Crippen LogP contribution in [0.5, 0.6) is 5.75 Å². The Morgan fingerprint density at radius 3 is 2.70 bits per heavy atom. The van der Waals surface area contributed by atoms with Crippen LogP contribution in [0.3, 0.4) is 0 Å². The van der Waals surface area contributed by atoms with Crippen LogP contribution in [0.4, 0.5) is 5.69 Å². The number of nitriles is 1. The van der Waals surface area contributed by atoms with Gasteiger partial charge in [0.1, 0.15) is 23.9 Å². The molecule has 0 bridgehead atoms. The summed E-state index contributed by atoms with van der Waals surface area (Å²) < 4.78 is 6.48. The number of anilines is 1. The number of hydrogen-bond donors (Lipinski definition) is 1. The molecular formula is C17H17N3O3. The van der Waals surface area contributed by atoms with Gasteiger partial charge in [-0.1, -0.05) is 6.07 Å². The van der Waals surface area contributed by atoms with Crippen molar-refractivity contribution in [2.45, 2.75) is 20.4 Å². The number of carbonyl (C=O) groups is 1. The number of hydrogen-bond acceptors (Lipinski definition) is 4. The van der Waals surface area contributed by atoms with Crippen LogP contribution in [0.1, 0.15) is 16.8 Å². The number of ether oxygens (including phenoxy) is 1. The fourth-order valence-electron chi connectivity index (χ4n) is 2.21. The third kappa shape index (κ3) is 3.58. The highest BCUT2D eigenvalue weighted by molar-refractivity contribution is 5.92. The Morgan fingerprint density at radius 1 is 1.30 bits per heavy atom. The second kappa shape index (κ2) is 6.79. The molecule has 2 aromatic rings. The Hall–Kier alpha value is -3.07. The monoisotopic (exact) mass is 311 g/mol. The van der Waals surface area contributed by atoms with Crippen LogP contribution in [-0.4, -0.2) is 17.6 Å². The minimum Gasteiger partial charge on any atom is -0.495 e. The Kier molecular flexibility index (Phi) is 4.82. The quantitative estimate of drug-likeness (QED) is 0.935. The average molecular weight is 311 g/mol. The molecule has 0 atom stereocenters. The van der Waals surface area contributed by atoms with E-state index in [9.17, 15) is 9.59 Å². The summed E-state index contributed by atoms with van der Waals surface area (Å²) in [6.45, 7) is 3.44. The highest BCUT2D eigenvalue weighted by atomic mass is 16.5. The lowest BCUT2D eigenvalue weighted by Crippen LogP contribution is -2.30. The lowest BCUT2D eigenvalue weighted by atomic mass is 10.2. The van der Waals surface area contributed by atoms with E-state index in [1.54, 1.807) is 25.1 Å². The van der Waals surface area contributed by atoms with E-state index in [1.807, 2.05) is 19.1 Å². The van der Waals surface area contributed by atoms with Gasteiger partial charge in [-0.25, -0.2) is 0 Å². The molecule has 6 nitrogen and oxygen atoms in total. The second-order valence-corrected chi connectivity index (χ2v) is 5.14. The zero-order valence-corrected chi connectivity index (χ0v) is 13.2. The Balaban J connectivity index is 2.26. The molecule has 0 saturated heterocycles. The summed E-state index contributed by atoms with van der Waals surface area (Å²) in [5.41, 5.74) is 1.66. The number of nitrogens with zero attached hydrogens (tertiary/aromatic N) is 2. The Labute approximate surface area is 133 Å². The van der Waals surface area contributed by atoms with Gasteiger partial charge in [-0.3, -0.25) is 9.59 Å². The van der Waals surface area contributed by atoms with Gasteiger partial charge in [0.2, 0.25) is 5.91 Å². The first-order valence-corrected chi connectivity index (χ1v) is 7.01. The number of methoxy groups -OCH3 is 1. The Bertz CT molecular complexity index is 847. The molecule has 1 N–H and O–H groups in total. The molecule has 0 saturated carbocycles. The van der Waals surface area contributed by atoms with E-state index < -0.39 is 5.56 Å². The maximum atomic E-state index is 12.3. The number of nitrogens with one attached hydrogen (secondary N) is 1. The van der Waals surface area contributed by atoms with Gasteiger partial charge in [-0.05, 0) is 43.7 Å². The van der Waals surface area contributed by atoms with Gasteiger partial charge in [0.05, 0.1) is 12.8 Å². The molecule has 0 aliphatic rings. The molecule has 1 aromatic carbocycles. The van der Waals surface area contributed by atoms with Gasteiger partial charge in [0.15, 0.2) is 0 Å². The molecular weight excluding hydrogens is 294 g/mol. The van der Waals surface area contributed by atoms with Crippen molar-refractivity contribution in [3.63, 3.8) is 0 Å². The number of amides is 1. The predicted molar refractivity (Wildman–Crippen MR) is 86.5 cm³/mol. The van der Waals surface area contributed by atoms with Crippen molar-refractivity contribution in [2.75, 3.05) is 12.4 Å². The maximum Gasteiger partial charge on any atom is 0.269 e. The van der Waals surface area contributed by atoms with Crippen molar-refractivity contribution in [3.05, 3.63) is 57.5 Å². The molecule has 1 amide bonds. The number of benzene rings is 1.